The van der Waals surface area contributed by atoms with E-state index >= 15 is 0 Å². The van der Waals surface area contributed by atoms with Gasteiger partial charge in [-0.3, -0.25) is 0 Å². The molecule has 0 saturated heterocycles. The Hall–Kier alpha value is -2.30. The van der Waals surface area contributed by atoms with Gasteiger partial charge in [-0.2, -0.15) is 0 Å². The van der Waals surface area contributed by atoms with E-state index in [4.69, 9.17) is 15.4 Å². The maximum atomic E-state index is 11.0. The molecule has 3 N–H and O–H groups in total. The van der Waals surface area contributed by atoms with Gasteiger partial charge in [-0.1, -0.05) is 5.16 Å². The highest BCUT2D eigenvalue weighted by molar-refractivity contribution is 5.91. The highest BCUT2D eigenvalue weighted by Crippen LogP contribution is 2.29. The quantitative estimate of drug-likeness (QED) is 0.775. The summed E-state index contributed by atoms with van der Waals surface area (Å²) in [5.41, 5.74) is 8.46. The largest absolute Gasteiger partial charge is 0.478 e. The zero-order valence-corrected chi connectivity index (χ0v) is 9.52. The Morgan fingerprint density at radius 2 is 2.06 bits per heavy atom. The van der Waals surface area contributed by atoms with Crippen LogP contribution < -0.4 is 5.73 Å². The van der Waals surface area contributed by atoms with E-state index < -0.39 is 5.97 Å². The van der Waals surface area contributed by atoms with Crippen molar-refractivity contribution in [3.05, 3.63) is 35.2 Å². The van der Waals surface area contributed by atoms with Crippen molar-refractivity contribution >= 4 is 11.7 Å². The molecule has 0 saturated carbocycles. The number of nitrogens with two attached hydrogens (primary N) is 1. The third-order valence-electron chi connectivity index (χ3n) is 2.52. The molecule has 5 heteroatoms. The number of aryl methyl sites for hydroxylation is 2. The lowest BCUT2D eigenvalue weighted by Gasteiger charge is -2.04. The SMILES string of the molecule is Cc1noc(C)c1-c1cc(N)cc(C(=O)O)c1. The maximum absolute atomic E-state index is 11.0. The first-order valence-electron chi connectivity index (χ1n) is 5.06. The zero-order chi connectivity index (χ0) is 12.6. The average Bonchev–Trinajstić information content (AvgIpc) is 2.57. The van der Waals surface area contributed by atoms with E-state index in [0.29, 0.717) is 22.7 Å². The standard InChI is InChI=1S/C12H12N2O3/c1-6-11(7(2)17-14-6)8-3-9(12(15)16)5-10(13)4-8/h3-5H,13H2,1-2H3,(H,15,16). The van der Waals surface area contributed by atoms with Crippen molar-refractivity contribution in [3.8, 4) is 11.1 Å². The second kappa shape index (κ2) is 3.93. The lowest BCUT2D eigenvalue weighted by Crippen LogP contribution is -1.99. The van der Waals surface area contributed by atoms with E-state index in [1.807, 2.05) is 0 Å². The molecule has 1 aromatic heterocycles. The number of hydrogen-bond acceptors (Lipinski definition) is 4. The highest BCUT2D eigenvalue weighted by Gasteiger charge is 2.14. The smallest absolute Gasteiger partial charge is 0.335 e. The van der Waals surface area contributed by atoms with Crippen LogP contribution in [0, 0.1) is 13.8 Å². The zero-order valence-electron chi connectivity index (χ0n) is 9.52. The van der Waals surface area contributed by atoms with Gasteiger partial charge in [-0.05, 0) is 37.6 Å². The number of carbonyl (C=O) groups is 1. The van der Waals surface area contributed by atoms with Gasteiger partial charge < -0.3 is 15.4 Å². The summed E-state index contributed by atoms with van der Waals surface area (Å²) in [4.78, 5) is 11.0. The molecule has 2 rings (SSSR count). The Bertz CT molecular complexity index is 568. The number of nitrogen functional groups attached to an aromatic ring is 1. The molecule has 0 radical (unpaired) electrons. The van der Waals surface area contributed by atoms with E-state index in [1.54, 1.807) is 26.0 Å². The molecule has 0 fully saturated rings. The molecule has 0 unspecified atom stereocenters. The minimum absolute atomic E-state index is 0.153. The van der Waals surface area contributed by atoms with Crippen molar-refractivity contribution < 1.29 is 14.4 Å². The fourth-order valence-electron chi connectivity index (χ4n) is 1.81. The van der Waals surface area contributed by atoms with Crippen LogP contribution in [0.25, 0.3) is 11.1 Å². The highest BCUT2D eigenvalue weighted by atomic mass is 16.5. The predicted octanol–water partition coefficient (Wildman–Crippen LogP) is 2.24. The van der Waals surface area contributed by atoms with Gasteiger partial charge >= 0.3 is 5.97 Å². The first-order valence-corrected chi connectivity index (χ1v) is 5.06. The number of rotatable bonds is 2. The van der Waals surface area contributed by atoms with Crippen LogP contribution in [0.1, 0.15) is 21.8 Å². The molecule has 0 atom stereocenters. The van der Waals surface area contributed by atoms with Gasteiger partial charge in [0.1, 0.15) is 5.76 Å². The van der Waals surface area contributed by atoms with Crippen LogP contribution in [0.4, 0.5) is 5.69 Å². The third-order valence-corrected chi connectivity index (χ3v) is 2.52. The molecule has 0 aliphatic carbocycles. The van der Waals surface area contributed by atoms with Crippen molar-refractivity contribution in [2.75, 3.05) is 5.73 Å². The van der Waals surface area contributed by atoms with Crippen molar-refractivity contribution in [3.63, 3.8) is 0 Å². The molecular weight excluding hydrogens is 220 g/mol. The monoisotopic (exact) mass is 232 g/mol. The van der Waals surface area contributed by atoms with Crippen LogP contribution in [0.5, 0.6) is 0 Å². The summed E-state index contributed by atoms with van der Waals surface area (Å²) in [6.45, 7) is 3.58. The Balaban J connectivity index is 2.64. The number of aromatic nitrogens is 1. The molecule has 0 amide bonds. The molecule has 88 valence electrons. The molecule has 1 aromatic carbocycles. The summed E-state index contributed by atoms with van der Waals surface area (Å²) in [6, 6.07) is 4.69. The van der Waals surface area contributed by atoms with Crippen LogP contribution in [-0.2, 0) is 0 Å². The van der Waals surface area contributed by atoms with Crippen LogP contribution in [-0.4, -0.2) is 16.2 Å². The second-order valence-electron chi connectivity index (χ2n) is 3.85. The van der Waals surface area contributed by atoms with Gasteiger partial charge in [0, 0.05) is 11.3 Å². The van der Waals surface area contributed by atoms with E-state index in [0.717, 1.165) is 5.56 Å². The van der Waals surface area contributed by atoms with E-state index in [1.165, 1.54) is 6.07 Å². The molecule has 17 heavy (non-hydrogen) atoms. The second-order valence-corrected chi connectivity index (χ2v) is 3.85. The normalized spacial score (nSPS) is 10.5. The molecular formula is C12H12N2O3. The number of benzene rings is 1. The van der Waals surface area contributed by atoms with Gasteiger partial charge in [0.2, 0.25) is 0 Å². The van der Waals surface area contributed by atoms with E-state index in [-0.39, 0.29) is 5.56 Å². The number of aromatic carboxylic acids is 1. The predicted molar refractivity (Wildman–Crippen MR) is 62.8 cm³/mol. The molecule has 1 heterocycles. The van der Waals surface area contributed by atoms with Crippen LogP contribution >= 0.6 is 0 Å². The maximum Gasteiger partial charge on any atom is 0.335 e. The molecule has 0 aliphatic rings. The third kappa shape index (κ3) is 1.99. The fraction of sp³-hybridized carbons (Fsp3) is 0.167. The lowest BCUT2D eigenvalue weighted by atomic mass is 10.0. The van der Waals surface area contributed by atoms with Crippen LogP contribution in [0.15, 0.2) is 22.7 Å². The summed E-state index contributed by atoms with van der Waals surface area (Å²) >= 11 is 0. The summed E-state index contributed by atoms with van der Waals surface area (Å²) in [5.74, 6) is -0.366. The van der Waals surface area contributed by atoms with Gasteiger partial charge in [-0.15, -0.1) is 0 Å². The van der Waals surface area contributed by atoms with E-state index in [9.17, 15) is 4.79 Å². The molecule has 0 bridgehead atoms. The van der Waals surface area contributed by atoms with Gasteiger partial charge in [0.25, 0.3) is 0 Å². The molecule has 0 spiro atoms. The molecule has 5 nitrogen and oxygen atoms in total. The molecule has 2 aromatic rings. The topological polar surface area (TPSA) is 89.4 Å². The number of nitrogens with zero attached hydrogens (tertiary/aromatic N) is 1. The van der Waals surface area contributed by atoms with Gasteiger partial charge in [0.05, 0.1) is 11.3 Å². The van der Waals surface area contributed by atoms with E-state index in [2.05, 4.69) is 5.16 Å². The Morgan fingerprint density at radius 3 is 2.59 bits per heavy atom. The van der Waals surface area contributed by atoms with Crippen molar-refractivity contribution in [2.24, 2.45) is 0 Å². The van der Waals surface area contributed by atoms with Crippen LogP contribution in [0.2, 0.25) is 0 Å². The number of carboxylic acid groups (broad SMARTS) is 1. The summed E-state index contributed by atoms with van der Waals surface area (Å²) in [6.07, 6.45) is 0. The number of hydrogen-bond donors (Lipinski definition) is 2. The molecule has 0 aliphatic heterocycles. The minimum Gasteiger partial charge on any atom is -0.478 e. The van der Waals surface area contributed by atoms with Gasteiger partial charge in [0.15, 0.2) is 0 Å². The van der Waals surface area contributed by atoms with Crippen LogP contribution in [0.3, 0.4) is 0 Å². The Kier molecular flexibility index (Phi) is 2.59. The summed E-state index contributed by atoms with van der Waals surface area (Å²) in [5, 5.41) is 12.8. The van der Waals surface area contributed by atoms with Crippen molar-refractivity contribution in [1.82, 2.24) is 5.16 Å². The minimum atomic E-state index is -1.01. The number of anilines is 1. The first kappa shape index (κ1) is 11.2. The number of carboxylic acids is 1. The van der Waals surface area contributed by atoms with Gasteiger partial charge in [-0.25, -0.2) is 4.79 Å². The Labute approximate surface area is 97.8 Å². The van der Waals surface area contributed by atoms with Crippen molar-refractivity contribution in [1.29, 1.82) is 0 Å². The Morgan fingerprint density at radius 1 is 1.35 bits per heavy atom. The first-order chi connectivity index (χ1) is 7.99. The summed E-state index contributed by atoms with van der Waals surface area (Å²) < 4.78 is 5.05. The van der Waals surface area contributed by atoms with Crippen molar-refractivity contribution in [2.45, 2.75) is 13.8 Å². The summed E-state index contributed by atoms with van der Waals surface area (Å²) in [7, 11) is 0. The fourth-order valence-corrected chi connectivity index (χ4v) is 1.81. The average molecular weight is 232 g/mol. The lowest BCUT2D eigenvalue weighted by molar-refractivity contribution is 0.0697.